The lowest BCUT2D eigenvalue weighted by molar-refractivity contribution is -0.127. The highest BCUT2D eigenvalue weighted by atomic mass is 35.5. The first-order chi connectivity index (χ1) is 14.6. The standard InChI is InChI=1S/C18H11Cl4N5O3S/c19-7-1-3-11(9(21)5-7)24-15(28)13-14(25-26-18(23)31)17(30)27(16(13)29)12-4-2-8(20)6-10(12)22/h1-6,13H,(H,24,28)(H3,23,26,31)/b25-14-/t13-/m1/s1. The summed E-state index contributed by atoms with van der Waals surface area (Å²) in [5, 5.41) is 6.79. The molecule has 2 aromatic carbocycles. The Balaban J connectivity index is 2.02. The lowest BCUT2D eigenvalue weighted by Crippen LogP contribution is -2.35. The fourth-order valence-corrected chi connectivity index (χ4v) is 3.73. The van der Waals surface area contributed by atoms with Crippen LogP contribution in [-0.2, 0) is 14.4 Å². The van der Waals surface area contributed by atoms with Crippen LogP contribution >= 0.6 is 58.6 Å². The number of nitrogens with two attached hydrogens (primary N) is 1. The summed E-state index contributed by atoms with van der Waals surface area (Å²) in [6, 6.07) is 8.51. The molecule has 0 spiro atoms. The second-order valence-corrected chi connectivity index (χ2v) is 8.22. The number of hydrogen-bond acceptors (Lipinski definition) is 5. The smallest absolute Gasteiger partial charge is 0.282 e. The lowest BCUT2D eigenvalue weighted by atomic mass is 10.0. The number of amides is 3. The molecule has 1 saturated heterocycles. The summed E-state index contributed by atoms with van der Waals surface area (Å²) in [4.78, 5) is 39.8. The second kappa shape index (κ2) is 9.37. The van der Waals surface area contributed by atoms with Crippen LogP contribution in [0.3, 0.4) is 0 Å². The molecule has 0 aliphatic carbocycles. The predicted molar refractivity (Wildman–Crippen MR) is 125 cm³/mol. The summed E-state index contributed by atoms with van der Waals surface area (Å²) in [5.41, 5.74) is 7.35. The van der Waals surface area contributed by atoms with Gasteiger partial charge in [-0.3, -0.25) is 19.8 Å². The van der Waals surface area contributed by atoms with E-state index in [1.807, 2.05) is 0 Å². The van der Waals surface area contributed by atoms with Crippen LogP contribution in [0.4, 0.5) is 11.4 Å². The average molecular weight is 519 g/mol. The van der Waals surface area contributed by atoms with E-state index in [-0.39, 0.29) is 26.5 Å². The molecule has 1 aliphatic rings. The van der Waals surface area contributed by atoms with Gasteiger partial charge in [0.2, 0.25) is 5.91 Å². The molecular formula is C18H11Cl4N5O3S. The molecule has 8 nitrogen and oxygen atoms in total. The van der Waals surface area contributed by atoms with E-state index in [1.165, 1.54) is 36.4 Å². The molecule has 13 heteroatoms. The van der Waals surface area contributed by atoms with Crippen LogP contribution in [0.2, 0.25) is 20.1 Å². The van der Waals surface area contributed by atoms with Gasteiger partial charge in [0.25, 0.3) is 11.8 Å². The Bertz CT molecular complexity index is 1160. The van der Waals surface area contributed by atoms with Gasteiger partial charge >= 0.3 is 0 Å². The van der Waals surface area contributed by atoms with Crippen molar-refractivity contribution >= 4 is 98.5 Å². The van der Waals surface area contributed by atoms with E-state index in [0.29, 0.717) is 10.0 Å². The van der Waals surface area contributed by atoms with Gasteiger partial charge in [-0.25, -0.2) is 4.90 Å². The molecule has 0 saturated carbocycles. The van der Waals surface area contributed by atoms with Gasteiger partial charge in [-0.2, -0.15) is 5.10 Å². The number of nitrogens with one attached hydrogen (secondary N) is 2. The molecule has 0 bridgehead atoms. The van der Waals surface area contributed by atoms with E-state index in [0.717, 1.165) is 4.90 Å². The normalized spacial score (nSPS) is 17.2. The third-order valence-corrected chi connectivity index (χ3v) is 5.23. The molecule has 2 aromatic rings. The third kappa shape index (κ3) is 4.91. The molecule has 0 aromatic heterocycles. The molecule has 4 N–H and O–H groups in total. The van der Waals surface area contributed by atoms with Crippen LogP contribution in [-0.4, -0.2) is 28.5 Å². The summed E-state index contributed by atoms with van der Waals surface area (Å²) in [7, 11) is 0. The highest BCUT2D eigenvalue weighted by Crippen LogP contribution is 2.34. The number of nitrogens with zero attached hydrogens (tertiary/aromatic N) is 2. The zero-order valence-corrected chi connectivity index (χ0v) is 19.0. The minimum absolute atomic E-state index is 0.0256. The number of hydrogen-bond donors (Lipinski definition) is 3. The SMILES string of the molecule is NC(=S)N/N=C1\C(=O)N(c2ccc(Cl)cc2Cl)C(=O)[C@H]1C(=O)Nc1ccc(Cl)cc1Cl. The largest absolute Gasteiger partial charge is 0.375 e. The van der Waals surface area contributed by atoms with Crippen molar-refractivity contribution in [3.8, 4) is 0 Å². The summed E-state index contributed by atoms with van der Waals surface area (Å²) in [6.07, 6.45) is 0. The maximum atomic E-state index is 13.1. The van der Waals surface area contributed by atoms with Crippen molar-refractivity contribution in [2.75, 3.05) is 10.2 Å². The zero-order valence-electron chi connectivity index (χ0n) is 15.2. The number of carbonyl (C=O) groups excluding carboxylic acids is 3. The molecule has 3 amide bonds. The Morgan fingerprint density at radius 2 is 1.65 bits per heavy atom. The molecule has 1 atom stereocenters. The van der Waals surface area contributed by atoms with Crippen molar-refractivity contribution in [3.05, 3.63) is 56.5 Å². The van der Waals surface area contributed by atoms with E-state index in [1.54, 1.807) is 0 Å². The fourth-order valence-electron chi connectivity index (χ4n) is 2.73. The van der Waals surface area contributed by atoms with Gasteiger partial charge in [0.15, 0.2) is 11.0 Å². The molecule has 0 radical (unpaired) electrons. The fraction of sp³-hybridized carbons (Fsp3) is 0.0556. The molecule has 3 rings (SSSR count). The molecule has 0 unspecified atom stereocenters. The van der Waals surface area contributed by atoms with Crippen molar-refractivity contribution in [1.29, 1.82) is 0 Å². The van der Waals surface area contributed by atoms with Crippen LogP contribution in [0.1, 0.15) is 0 Å². The summed E-state index contributed by atoms with van der Waals surface area (Å²) in [5.74, 6) is -4.27. The van der Waals surface area contributed by atoms with Crippen LogP contribution in [0.25, 0.3) is 0 Å². The molecular weight excluding hydrogens is 508 g/mol. The predicted octanol–water partition coefficient (Wildman–Crippen LogP) is 3.62. The Morgan fingerprint density at radius 3 is 2.23 bits per heavy atom. The Hall–Kier alpha value is -2.43. The van der Waals surface area contributed by atoms with Crippen LogP contribution in [0, 0.1) is 5.92 Å². The van der Waals surface area contributed by atoms with Gasteiger partial charge in [-0.15, -0.1) is 0 Å². The second-order valence-electron chi connectivity index (χ2n) is 6.09. The first kappa shape index (κ1) is 23.2. The zero-order chi connectivity index (χ0) is 22.9. The number of benzene rings is 2. The van der Waals surface area contributed by atoms with E-state index in [2.05, 4.69) is 28.1 Å². The number of carbonyl (C=O) groups is 3. The summed E-state index contributed by atoms with van der Waals surface area (Å²) < 4.78 is 0. The maximum absolute atomic E-state index is 13.1. The molecule has 1 fully saturated rings. The maximum Gasteiger partial charge on any atom is 0.282 e. The van der Waals surface area contributed by atoms with Gasteiger partial charge in [-0.05, 0) is 48.6 Å². The number of hydrazone groups is 1. The first-order valence-electron chi connectivity index (χ1n) is 8.32. The van der Waals surface area contributed by atoms with Gasteiger partial charge in [0.1, 0.15) is 5.71 Å². The Labute approximate surface area is 201 Å². The van der Waals surface area contributed by atoms with E-state index in [9.17, 15) is 14.4 Å². The van der Waals surface area contributed by atoms with Gasteiger partial charge in [0, 0.05) is 10.0 Å². The minimum atomic E-state index is -1.63. The number of rotatable bonds is 4. The Morgan fingerprint density at radius 1 is 1.03 bits per heavy atom. The highest BCUT2D eigenvalue weighted by Gasteiger charge is 2.50. The van der Waals surface area contributed by atoms with E-state index < -0.39 is 29.4 Å². The quantitative estimate of drug-likeness (QED) is 0.246. The number of thiocarbonyl (C=S) groups is 1. The van der Waals surface area contributed by atoms with Crippen molar-refractivity contribution in [2.24, 2.45) is 16.8 Å². The highest BCUT2D eigenvalue weighted by molar-refractivity contribution is 7.80. The summed E-state index contributed by atoms with van der Waals surface area (Å²) in [6.45, 7) is 0. The number of anilines is 2. The Kier molecular flexibility index (Phi) is 7.03. The van der Waals surface area contributed by atoms with Gasteiger partial charge < -0.3 is 11.1 Å². The molecule has 1 aliphatic heterocycles. The van der Waals surface area contributed by atoms with E-state index >= 15 is 0 Å². The van der Waals surface area contributed by atoms with E-state index in [4.69, 9.17) is 52.1 Å². The monoisotopic (exact) mass is 517 g/mol. The topological polar surface area (TPSA) is 117 Å². The van der Waals surface area contributed by atoms with Gasteiger partial charge in [-0.1, -0.05) is 46.4 Å². The molecule has 1 heterocycles. The molecule has 31 heavy (non-hydrogen) atoms. The van der Waals surface area contributed by atoms with Crippen LogP contribution < -0.4 is 21.4 Å². The van der Waals surface area contributed by atoms with Gasteiger partial charge in [0.05, 0.1) is 21.4 Å². The third-order valence-electron chi connectivity index (χ3n) is 4.05. The molecule has 160 valence electrons. The van der Waals surface area contributed by atoms with Crippen molar-refractivity contribution in [1.82, 2.24) is 5.43 Å². The van der Waals surface area contributed by atoms with Crippen LogP contribution in [0.15, 0.2) is 41.5 Å². The van der Waals surface area contributed by atoms with Crippen molar-refractivity contribution < 1.29 is 14.4 Å². The van der Waals surface area contributed by atoms with Crippen LogP contribution in [0.5, 0.6) is 0 Å². The minimum Gasteiger partial charge on any atom is -0.375 e. The average Bonchev–Trinajstić information content (AvgIpc) is 2.92. The number of halogens is 4. The van der Waals surface area contributed by atoms with Crippen molar-refractivity contribution in [2.45, 2.75) is 0 Å². The summed E-state index contributed by atoms with van der Waals surface area (Å²) >= 11 is 28.6. The van der Waals surface area contributed by atoms with Crippen molar-refractivity contribution in [3.63, 3.8) is 0 Å². The first-order valence-corrected chi connectivity index (χ1v) is 10.2. The number of imide groups is 1. The lowest BCUT2D eigenvalue weighted by Gasteiger charge is -2.16.